The summed E-state index contributed by atoms with van der Waals surface area (Å²) in [6.07, 6.45) is -2.08. The number of aromatic amines is 1. The molecule has 0 unspecified atom stereocenters. The highest BCUT2D eigenvalue weighted by molar-refractivity contribution is 5.76. The number of aromatic nitrogens is 2. The summed E-state index contributed by atoms with van der Waals surface area (Å²) in [6, 6.07) is 5.13. The molecule has 21 heavy (non-hydrogen) atoms. The van der Waals surface area contributed by atoms with Crippen molar-refractivity contribution in [1.29, 1.82) is 0 Å². The van der Waals surface area contributed by atoms with Crippen LogP contribution in [0.1, 0.15) is 45.1 Å². The van der Waals surface area contributed by atoms with E-state index in [9.17, 15) is 9.90 Å². The summed E-state index contributed by atoms with van der Waals surface area (Å²) < 4.78 is 0. The molecule has 0 saturated heterocycles. The smallest absolute Gasteiger partial charge is 0.405 e. The van der Waals surface area contributed by atoms with Crippen molar-refractivity contribution >= 4 is 17.1 Å². The third-order valence-corrected chi connectivity index (χ3v) is 3.42. The van der Waals surface area contributed by atoms with Gasteiger partial charge in [-0.2, -0.15) is 0 Å². The van der Waals surface area contributed by atoms with Gasteiger partial charge in [-0.1, -0.05) is 26.8 Å². The maximum absolute atomic E-state index is 10.8. The molecule has 0 radical (unpaired) electrons. The molecule has 1 heterocycles. The minimum Gasteiger partial charge on any atom is -0.465 e. The number of nitrogens with one attached hydrogen (secondary N) is 2. The first-order valence-electron chi connectivity index (χ1n) is 6.86. The number of aliphatic hydroxyl groups is 1. The van der Waals surface area contributed by atoms with Crippen LogP contribution in [0.4, 0.5) is 4.79 Å². The van der Waals surface area contributed by atoms with Gasteiger partial charge in [-0.15, -0.1) is 0 Å². The van der Waals surface area contributed by atoms with Crippen LogP contribution in [0.5, 0.6) is 0 Å². The Morgan fingerprint density at radius 3 is 2.57 bits per heavy atom. The number of fused-ring (bicyclic) bond motifs is 1. The minimum absolute atomic E-state index is 0.0163. The van der Waals surface area contributed by atoms with E-state index in [1.807, 2.05) is 18.2 Å². The van der Waals surface area contributed by atoms with E-state index in [0.717, 1.165) is 16.6 Å². The summed E-state index contributed by atoms with van der Waals surface area (Å²) in [4.78, 5) is 18.3. The zero-order chi connectivity index (χ0) is 15.8. The van der Waals surface area contributed by atoms with Crippen molar-refractivity contribution in [2.24, 2.45) is 0 Å². The van der Waals surface area contributed by atoms with Crippen molar-refractivity contribution < 1.29 is 15.0 Å². The van der Waals surface area contributed by atoms with Crippen LogP contribution in [0.2, 0.25) is 0 Å². The Labute approximate surface area is 123 Å². The minimum atomic E-state index is -1.20. The zero-order valence-corrected chi connectivity index (χ0v) is 12.6. The molecule has 0 spiro atoms. The topological polar surface area (TPSA) is 98.2 Å². The largest absolute Gasteiger partial charge is 0.465 e. The molecule has 4 N–H and O–H groups in total. The SMILES string of the molecule is C[C@@H](O)[C@H](NC(=O)O)c1nc2ccc(C(C)(C)C)cc2[nH]1. The van der Waals surface area contributed by atoms with Crippen molar-refractivity contribution in [1.82, 2.24) is 15.3 Å². The van der Waals surface area contributed by atoms with Gasteiger partial charge in [0.2, 0.25) is 0 Å². The second kappa shape index (κ2) is 5.37. The lowest BCUT2D eigenvalue weighted by atomic mass is 9.87. The van der Waals surface area contributed by atoms with Gasteiger partial charge >= 0.3 is 6.09 Å². The quantitative estimate of drug-likeness (QED) is 0.698. The Bertz CT molecular complexity index is 656. The van der Waals surface area contributed by atoms with Gasteiger partial charge in [0.15, 0.2) is 0 Å². The highest BCUT2D eigenvalue weighted by atomic mass is 16.4. The van der Waals surface area contributed by atoms with Crippen molar-refractivity contribution in [2.75, 3.05) is 0 Å². The van der Waals surface area contributed by atoms with Gasteiger partial charge in [-0.25, -0.2) is 9.78 Å². The summed E-state index contributed by atoms with van der Waals surface area (Å²) in [5.74, 6) is 0.411. The van der Waals surface area contributed by atoms with Gasteiger partial charge in [0.25, 0.3) is 0 Å². The average molecular weight is 291 g/mol. The van der Waals surface area contributed by atoms with Gasteiger partial charge in [0, 0.05) is 0 Å². The first kappa shape index (κ1) is 15.3. The molecule has 1 aromatic heterocycles. The van der Waals surface area contributed by atoms with Crippen LogP contribution in [0.3, 0.4) is 0 Å². The van der Waals surface area contributed by atoms with Crippen LogP contribution >= 0.6 is 0 Å². The maximum atomic E-state index is 10.8. The molecule has 0 fully saturated rings. The molecular formula is C15H21N3O3. The van der Waals surface area contributed by atoms with E-state index in [0.29, 0.717) is 5.82 Å². The maximum Gasteiger partial charge on any atom is 0.405 e. The number of aliphatic hydroxyl groups excluding tert-OH is 1. The first-order valence-corrected chi connectivity index (χ1v) is 6.86. The van der Waals surface area contributed by atoms with E-state index in [1.54, 1.807) is 0 Å². The lowest BCUT2D eigenvalue weighted by Crippen LogP contribution is -2.34. The summed E-state index contributed by atoms with van der Waals surface area (Å²) in [5, 5.41) is 20.9. The Hall–Kier alpha value is -2.08. The van der Waals surface area contributed by atoms with Crippen molar-refractivity contribution in [3.8, 4) is 0 Å². The fourth-order valence-electron chi connectivity index (χ4n) is 2.19. The second-order valence-corrected chi connectivity index (χ2v) is 6.27. The van der Waals surface area contributed by atoms with E-state index >= 15 is 0 Å². The Kier molecular flexibility index (Phi) is 3.91. The lowest BCUT2D eigenvalue weighted by Gasteiger charge is -2.18. The van der Waals surface area contributed by atoms with Crippen LogP contribution in [0.25, 0.3) is 11.0 Å². The molecule has 1 aromatic carbocycles. The normalized spacial score (nSPS) is 14.9. The van der Waals surface area contributed by atoms with Gasteiger partial charge in [-0.05, 0) is 30.0 Å². The van der Waals surface area contributed by atoms with Crippen LogP contribution in [-0.4, -0.2) is 32.4 Å². The molecule has 6 heteroatoms. The second-order valence-electron chi connectivity index (χ2n) is 6.27. The molecule has 6 nitrogen and oxygen atoms in total. The molecule has 2 atom stereocenters. The molecule has 0 aliphatic heterocycles. The number of H-pyrrole nitrogens is 1. The standard InChI is InChI=1S/C15H21N3O3/c1-8(19)12(18-14(20)21)13-16-10-6-5-9(15(2,3)4)7-11(10)17-13/h5-8,12,18-19H,1-4H3,(H,16,17)(H,20,21)/t8-,12+/m1/s1. The fourth-order valence-corrected chi connectivity index (χ4v) is 2.19. The molecule has 0 bridgehead atoms. The highest BCUT2D eigenvalue weighted by Gasteiger charge is 2.23. The lowest BCUT2D eigenvalue weighted by molar-refractivity contribution is 0.130. The Morgan fingerprint density at radius 2 is 2.05 bits per heavy atom. The van der Waals surface area contributed by atoms with E-state index in [-0.39, 0.29) is 5.41 Å². The van der Waals surface area contributed by atoms with E-state index in [2.05, 4.69) is 36.1 Å². The van der Waals surface area contributed by atoms with Gasteiger partial charge in [0.05, 0.1) is 17.1 Å². The molecule has 2 rings (SSSR count). The number of carboxylic acid groups (broad SMARTS) is 1. The summed E-state index contributed by atoms with van der Waals surface area (Å²) in [5.41, 5.74) is 2.75. The number of carbonyl (C=O) groups is 1. The number of hydrogen-bond donors (Lipinski definition) is 4. The zero-order valence-electron chi connectivity index (χ0n) is 12.6. The van der Waals surface area contributed by atoms with Crippen molar-refractivity contribution in [2.45, 2.75) is 45.3 Å². The van der Waals surface area contributed by atoms with E-state index < -0.39 is 18.2 Å². The van der Waals surface area contributed by atoms with Gasteiger partial charge in [-0.3, -0.25) is 0 Å². The monoisotopic (exact) mass is 291 g/mol. The predicted octanol–water partition coefficient (Wildman–Crippen LogP) is 2.55. The number of amides is 1. The van der Waals surface area contributed by atoms with Crippen LogP contribution in [0.15, 0.2) is 18.2 Å². The number of benzene rings is 1. The Morgan fingerprint density at radius 1 is 1.38 bits per heavy atom. The molecular weight excluding hydrogens is 270 g/mol. The van der Waals surface area contributed by atoms with E-state index in [4.69, 9.17) is 5.11 Å². The third-order valence-electron chi connectivity index (χ3n) is 3.42. The number of rotatable bonds is 3. The van der Waals surface area contributed by atoms with Crippen LogP contribution in [-0.2, 0) is 5.41 Å². The van der Waals surface area contributed by atoms with Gasteiger partial charge in [0.1, 0.15) is 11.9 Å². The third kappa shape index (κ3) is 3.33. The summed E-state index contributed by atoms with van der Waals surface area (Å²) >= 11 is 0. The molecule has 0 aliphatic carbocycles. The average Bonchev–Trinajstić information content (AvgIpc) is 2.76. The Balaban J connectivity index is 2.44. The number of hydrogen-bond acceptors (Lipinski definition) is 3. The fraction of sp³-hybridized carbons (Fsp3) is 0.467. The number of imidazole rings is 1. The molecule has 1 amide bonds. The van der Waals surface area contributed by atoms with Crippen LogP contribution < -0.4 is 5.32 Å². The van der Waals surface area contributed by atoms with Crippen molar-refractivity contribution in [3.63, 3.8) is 0 Å². The number of nitrogens with zero attached hydrogens (tertiary/aromatic N) is 1. The predicted molar refractivity (Wildman–Crippen MR) is 80.4 cm³/mol. The molecule has 0 saturated carbocycles. The summed E-state index contributed by atoms with van der Waals surface area (Å²) in [6.45, 7) is 7.89. The molecule has 0 aliphatic rings. The highest BCUT2D eigenvalue weighted by Crippen LogP contribution is 2.26. The van der Waals surface area contributed by atoms with E-state index in [1.165, 1.54) is 6.92 Å². The molecule has 114 valence electrons. The van der Waals surface area contributed by atoms with Crippen LogP contribution in [0, 0.1) is 0 Å². The summed E-state index contributed by atoms with van der Waals surface area (Å²) in [7, 11) is 0. The van der Waals surface area contributed by atoms with Crippen molar-refractivity contribution in [3.05, 3.63) is 29.6 Å². The van der Waals surface area contributed by atoms with Gasteiger partial charge < -0.3 is 20.5 Å². The first-order chi connectivity index (χ1) is 9.68. The molecule has 2 aromatic rings.